The molecule has 3 N–H and O–H groups in total. The summed E-state index contributed by atoms with van der Waals surface area (Å²) < 4.78 is 0. The summed E-state index contributed by atoms with van der Waals surface area (Å²) in [6, 6.07) is 0. The average molecular weight is 431 g/mol. The first kappa shape index (κ1) is 24.7. The summed E-state index contributed by atoms with van der Waals surface area (Å²) in [5.74, 6) is 2.09. The molecule has 0 amide bonds. The third-order valence-corrected chi connectivity index (χ3v) is 8.80. The van der Waals surface area contributed by atoms with Gasteiger partial charge in [-0.3, -0.25) is 0 Å². The summed E-state index contributed by atoms with van der Waals surface area (Å²) in [4.78, 5) is 0. The lowest BCUT2D eigenvalue weighted by Crippen LogP contribution is -2.37. The molecule has 3 rings (SSSR count). The molecule has 3 aliphatic rings. The van der Waals surface area contributed by atoms with Gasteiger partial charge in [0.15, 0.2) is 0 Å². The van der Waals surface area contributed by atoms with Crippen molar-refractivity contribution in [1.29, 1.82) is 0 Å². The van der Waals surface area contributed by atoms with Gasteiger partial charge in [0.05, 0.1) is 17.3 Å². The largest absolute Gasteiger partial charge is 0.393 e. The van der Waals surface area contributed by atoms with Gasteiger partial charge in [0.1, 0.15) is 0 Å². The maximum Gasteiger partial charge on any atom is 0.0890 e. The van der Waals surface area contributed by atoms with Crippen molar-refractivity contribution in [2.45, 2.75) is 116 Å². The minimum Gasteiger partial charge on any atom is -0.393 e. The summed E-state index contributed by atoms with van der Waals surface area (Å²) >= 11 is 0. The first-order valence-electron chi connectivity index (χ1n) is 12.6. The monoisotopic (exact) mass is 430 g/mol. The lowest BCUT2D eigenvalue weighted by Gasteiger charge is -2.44. The first-order valence-corrected chi connectivity index (χ1v) is 12.6. The zero-order valence-electron chi connectivity index (χ0n) is 20.6. The number of hydrogen-bond donors (Lipinski definition) is 3. The molecule has 0 aromatic rings. The Hall–Kier alpha value is -0.900. The Bertz CT molecular complexity index is 723. The second-order valence-corrected chi connectivity index (χ2v) is 12.0. The normalized spacial score (nSPS) is 40.4. The number of rotatable bonds is 6. The molecule has 3 saturated carbocycles. The van der Waals surface area contributed by atoms with Gasteiger partial charge in [-0.1, -0.05) is 51.0 Å². The van der Waals surface area contributed by atoms with Crippen LogP contribution in [0.1, 0.15) is 98.8 Å². The van der Waals surface area contributed by atoms with Crippen molar-refractivity contribution in [2.75, 3.05) is 0 Å². The van der Waals surface area contributed by atoms with Crippen molar-refractivity contribution in [2.24, 2.45) is 23.2 Å². The SMILES string of the molecule is C=C1C(=CC=C2CCC[C@@]3(C)C2CCC3[C@@H](C)CCCC(C)(C)O)C[C@H](O)C[C@@]1(C)O. The van der Waals surface area contributed by atoms with E-state index < -0.39 is 17.3 Å². The zero-order chi connectivity index (χ0) is 23.0. The predicted molar refractivity (Wildman–Crippen MR) is 129 cm³/mol. The number of allylic oxidation sites excluding steroid dienone is 3. The van der Waals surface area contributed by atoms with Gasteiger partial charge in [0, 0.05) is 6.42 Å². The quantitative estimate of drug-likeness (QED) is 0.477. The second kappa shape index (κ2) is 9.15. The van der Waals surface area contributed by atoms with Gasteiger partial charge < -0.3 is 15.3 Å². The number of aliphatic hydroxyl groups is 3. The molecule has 2 unspecified atom stereocenters. The smallest absolute Gasteiger partial charge is 0.0890 e. The predicted octanol–water partition coefficient (Wildman–Crippen LogP) is 6.09. The molecule has 0 spiro atoms. The molecule has 0 aromatic heterocycles. The maximum atomic E-state index is 10.6. The van der Waals surface area contributed by atoms with Crippen LogP contribution in [-0.2, 0) is 0 Å². The first-order chi connectivity index (χ1) is 14.3. The summed E-state index contributed by atoms with van der Waals surface area (Å²) in [5.41, 5.74) is 2.11. The lowest BCUT2D eigenvalue weighted by atomic mass is 9.60. The van der Waals surface area contributed by atoms with Crippen LogP contribution in [0, 0.1) is 23.2 Å². The number of fused-ring (bicyclic) bond motifs is 1. The highest BCUT2D eigenvalue weighted by atomic mass is 16.3. The van der Waals surface area contributed by atoms with E-state index in [0.717, 1.165) is 36.3 Å². The summed E-state index contributed by atoms with van der Waals surface area (Å²) in [6.45, 7) is 14.7. The molecule has 0 aromatic carbocycles. The molecule has 3 nitrogen and oxygen atoms in total. The standard InChI is InChI=1S/C28H46O3/c1-19(9-7-15-26(3,4)30)24-13-14-25-21(10-8-16-27(24,25)5)11-12-22-17-23(29)18-28(6,31)20(22)2/h11-12,19,23-25,29-31H,2,7-10,13-18H2,1,3-6H3/t19-,23-,24?,25?,27+,28+/m0/s1. The van der Waals surface area contributed by atoms with Crippen LogP contribution in [0.3, 0.4) is 0 Å². The van der Waals surface area contributed by atoms with Crippen LogP contribution in [0.15, 0.2) is 35.5 Å². The van der Waals surface area contributed by atoms with Gasteiger partial charge in [-0.2, -0.15) is 0 Å². The van der Waals surface area contributed by atoms with Gasteiger partial charge in [-0.25, -0.2) is 0 Å². The molecule has 176 valence electrons. The van der Waals surface area contributed by atoms with Gasteiger partial charge in [0.2, 0.25) is 0 Å². The molecular weight excluding hydrogens is 384 g/mol. The van der Waals surface area contributed by atoms with Gasteiger partial charge in [-0.05, 0) is 100 Å². The molecule has 0 radical (unpaired) electrons. The Morgan fingerprint density at radius 3 is 2.61 bits per heavy atom. The van der Waals surface area contributed by atoms with Gasteiger partial charge in [0.25, 0.3) is 0 Å². The van der Waals surface area contributed by atoms with Crippen LogP contribution in [0.5, 0.6) is 0 Å². The van der Waals surface area contributed by atoms with Crippen molar-refractivity contribution < 1.29 is 15.3 Å². The van der Waals surface area contributed by atoms with E-state index in [0.29, 0.717) is 30.1 Å². The maximum absolute atomic E-state index is 10.6. The van der Waals surface area contributed by atoms with E-state index in [1.165, 1.54) is 32.1 Å². The van der Waals surface area contributed by atoms with E-state index in [1.807, 2.05) is 13.8 Å². The molecule has 0 heterocycles. The fraction of sp³-hybridized carbons (Fsp3) is 0.786. The Kier molecular flexibility index (Phi) is 7.30. The minimum atomic E-state index is -1.01. The van der Waals surface area contributed by atoms with Crippen molar-refractivity contribution >= 4 is 0 Å². The van der Waals surface area contributed by atoms with Crippen LogP contribution in [0.25, 0.3) is 0 Å². The van der Waals surface area contributed by atoms with E-state index in [1.54, 1.807) is 12.5 Å². The van der Waals surface area contributed by atoms with Crippen molar-refractivity contribution in [3.8, 4) is 0 Å². The summed E-state index contributed by atoms with van der Waals surface area (Å²) in [7, 11) is 0. The highest BCUT2D eigenvalue weighted by Crippen LogP contribution is 2.60. The van der Waals surface area contributed by atoms with Crippen molar-refractivity contribution in [3.63, 3.8) is 0 Å². The minimum absolute atomic E-state index is 0.366. The molecular formula is C28H46O3. The van der Waals surface area contributed by atoms with Gasteiger partial charge in [-0.15, -0.1) is 0 Å². The highest BCUT2D eigenvalue weighted by molar-refractivity contribution is 5.41. The Labute approximate surface area is 190 Å². The number of hydrogen-bond acceptors (Lipinski definition) is 3. The molecule has 0 bridgehead atoms. The average Bonchev–Trinajstić information content (AvgIpc) is 2.99. The fourth-order valence-corrected chi connectivity index (χ4v) is 7.03. The van der Waals surface area contributed by atoms with Crippen LogP contribution in [-0.4, -0.2) is 32.6 Å². The summed E-state index contributed by atoms with van der Waals surface area (Å²) in [6.07, 6.45) is 14.4. The highest BCUT2D eigenvalue weighted by Gasteiger charge is 2.50. The molecule has 3 fully saturated rings. The fourth-order valence-electron chi connectivity index (χ4n) is 7.03. The molecule has 3 heteroatoms. The Balaban J connectivity index is 1.72. The summed E-state index contributed by atoms with van der Waals surface area (Å²) in [5, 5.41) is 30.8. The molecule has 0 aliphatic heterocycles. The molecule has 31 heavy (non-hydrogen) atoms. The van der Waals surface area contributed by atoms with Crippen LogP contribution in [0.2, 0.25) is 0 Å². The van der Waals surface area contributed by atoms with E-state index in [2.05, 4.69) is 32.6 Å². The van der Waals surface area contributed by atoms with Crippen LogP contribution < -0.4 is 0 Å². The third-order valence-electron chi connectivity index (χ3n) is 8.80. The molecule has 6 atom stereocenters. The topological polar surface area (TPSA) is 60.7 Å². The van der Waals surface area contributed by atoms with Gasteiger partial charge >= 0.3 is 0 Å². The lowest BCUT2D eigenvalue weighted by molar-refractivity contribution is 0.0204. The van der Waals surface area contributed by atoms with Crippen LogP contribution in [0.4, 0.5) is 0 Å². The van der Waals surface area contributed by atoms with Crippen LogP contribution >= 0.6 is 0 Å². The van der Waals surface area contributed by atoms with E-state index in [-0.39, 0.29) is 0 Å². The third kappa shape index (κ3) is 5.54. The Morgan fingerprint density at radius 2 is 1.94 bits per heavy atom. The Morgan fingerprint density at radius 1 is 1.23 bits per heavy atom. The van der Waals surface area contributed by atoms with E-state index in [4.69, 9.17) is 0 Å². The van der Waals surface area contributed by atoms with E-state index in [9.17, 15) is 15.3 Å². The van der Waals surface area contributed by atoms with Crippen molar-refractivity contribution in [1.82, 2.24) is 0 Å². The molecule has 0 saturated heterocycles. The van der Waals surface area contributed by atoms with Crippen molar-refractivity contribution in [3.05, 3.63) is 35.5 Å². The second-order valence-electron chi connectivity index (χ2n) is 12.0. The zero-order valence-corrected chi connectivity index (χ0v) is 20.6. The number of aliphatic hydroxyl groups excluding tert-OH is 1. The molecule has 3 aliphatic carbocycles. The van der Waals surface area contributed by atoms with E-state index >= 15 is 0 Å².